The quantitative estimate of drug-likeness (QED) is 0.472. The molecule has 0 saturated carbocycles. The molecular weight excluding hydrogens is 454 g/mol. The molecule has 1 aromatic carbocycles. The van der Waals surface area contributed by atoms with E-state index in [0.717, 1.165) is 27.4 Å². The summed E-state index contributed by atoms with van der Waals surface area (Å²) >= 11 is 1.36. The fourth-order valence-electron chi connectivity index (χ4n) is 3.84. The Balaban J connectivity index is 1.35. The highest BCUT2D eigenvalue weighted by molar-refractivity contribution is 7.16. The maximum absolute atomic E-state index is 13.2. The minimum Gasteiger partial charge on any atom is -0.496 e. The van der Waals surface area contributed by atoms with Crippen molar-refractivity contribution in [3.05, 3.63) is 70.2 Å². The van der Waals surface area contributed by atoms with Crippen molar-refractivity contribution in [3.8, 4) is 16.9 Å². The summed E-state index contributed by atoms with van der Waals surface area (Å²) in [5.41, 5.74) is 3.81. The van der Waals surface area contributed by atoms with E-state index in [1.54, 1.807) is 31.5 Å². The Kier molecular flexibility index (Phi) is 5.54. The first-order valence-corrected chi connectivity index (χ1v) is 11.3. The molecule has 3 aromatic heterocycles. The summed E-state index contributed by atoms with van der Waals surface area (Å²) < 4.78 is 6.98. The molecular formula is C23H21N7O3S. The number of ether oxygens (including phenoxy) is 1. The molecule has 0 saturated heterocycles. The van der Waals surface area contributed by atoms with Crippen molar-refractivity contribution < 1.29 is 14.3 Å². The van der Waals surface area contributed by atoms with Crippen molar-refractivity contribution in [3.63, 3.8) is 0 Å². The van der Waals surface area contributed by atoms with Crippen molar-refractivity contribution in [1.29, 1.82) is 0 Å². The van der Waals surface area contributed by atoms with E-state index < -0.39 is 0 Å². The smallest absolute Gasteiger partial charge is 0.276 e. The largest absolute Gasteiger partial charge is 0.496 e. The van der Waals surface area contributed by atoms with Crippen LogP contribution in [0.5, 0.6) is 5.75 Å². The summed E-state index contributed by atoms with van der Waals surface area (Å²) in [6.45, 7) is 2.65. The first kappa shape index (κ1) is 21.7. The summed E-state index contributed by atoms with van der Waals surface area (Å²) in [6, 6.07) is 9.40. The molecule has 1 N–H and O–H groups in total. The molecule has 0 radical (unpaired) electrons. The molecule has 0 unspecified atom stereocenters. The number of carbonyl (C=O) groups excluding carboxylic acids is 2. The molecule has 5 rings (SSSR count). The number of fused-ring (bicyclic) bond motifs is 1. The number of pyridine rings is 1. The molecule has 1 aliphatic heterocycles. The zero-order chi connectivity index (χ0) is 23.8. The van der Waals surface area contributed by atoms with Gasteiger partial charge in [0.25, 0.3) is 11.8 Å². The second-order valence-electron chi connectivity index (χ2n) is 7.85. The summed E-state index contributed by atoms with van der Waals surface area (Å²) in [6.07, 6.45) is 3.15. The number of thiazole rings is 1. The topological polar surface area (TPSA) is 115 Å². The van der Waals surface area contributed by atoms with Crippen molar-refractivity contribution in [1.82, 2.24) is 29.9 Å². The Morgan fingerprint density at radius 2 is 2.00 bits per heavy atom. The number of rotatable bonds is 5. The molecule has 11 heteroatoms. The van der Waals surface area contributed by atoms with Gasteiger partial charge in [0.1, 0.15) is 5.75 Å². The van der Waals surface area contributed by atoms with Crippen LogP contribution in [0.3, 0.4) is 0 Å². The van der Waals surface area contributed by atoms with E-state index in [2.05, 4.69) is 25.6 Å². The number of amides is 2. The third-order valence-electron chi connectivity index (χ3n) is 5.47. The average molecular weight is 476 g/mol. The first-order chi connectivity index (χ1) is 16.4. The van der Waals surface area contributed by atoms with Crippen LogP contribution >= 0.6 is 11.3 Å². The number of benzene rings is 1. The molecule has 172 valence electrons. The molecule has 2 amide bonds. The van der Waals surface area contributed by atoms with Gasteiger partial charge in [-0.25, -0.2) is 4.98 Å². The van der Waals surface area contributed by atoms with Crippen molar-refractivity contribution in [2.24, 2.45) is 7.05 Å². The number of para-hydroxylation sites is 1. The Hall–Kier alpha value is -4.12. The molecule has 4 aromatic rings. The van der Waals surface area contributed by atoms with Crippen LogP contribution in [0.1, 0.15) is 37.1 Å². The standard InChI is InChI=1S/C23H21N7O3S/c1-13-8-15(14-6-4-5-7-19(14)33-3)16(9-24-13)21(31)26-23-25-17-11-30(12-20(17)34-23)22(32)18-10-29(2)28-27-18/h4-10H,11-12H2,1-3H3,(H,25,26,31). The SMILES string of the molecule is COc1ccccc1-c1cc(C)ncc1C(=O)Nc1nc2c(s1)CN(C(=O)c1cn(C)nn1)C2. The first-order valence-electron chi connectivity index (χ1n) is 10.5. The van der Waals surface area contributed by atoms with Crippen molar-refractivity contribution in [2.45, 2.75) is 20.0 Å². The number of nitrogens with zero attached hydrogens (tertiary/aromatic N) is 6. The summed E-state index contributed by atoms with van der Waals surface area (Å²) in [4.78, 5) is 37.3. The van der Waals surface area contributed by atoms with E-state index in [0.29, 0.717) is 35.2 Å². The van der Waals surface area contributed by atoms with Crippen LogP contribution in [0.2, 0.25) is 0 Å². The molecule has 0 spiro atoms. The second-order valence-corrected chi connectivity index (χ2v) is 8.94. The van der Waals surface area contributed by atoms with Crippen LogP contribution in [0.4, 0.5) is 5.13 Å². The van der Waals surface area contributed by atoms with Crippen LogP contribution in [-0.4, -0.2) is 48.8 Å². The maximum atomic E-state index is 13.2. The number of hydrogen-bond acceptors (Lipinski definition) is 8. The maximum Gasteiger partial charge on any atom is 0.276 e. The predicted molar refractivity (Wildman–Crippen MR) is 126 cm³/mol. The number of nitrogens with one attached hydrogen (secondary N) is 1. The molecule has 4 heterocycles. The minimum atomic E-state index is -0.312. The van der Waals surface area contributed by atoms with Gasteiger partial charge < -0.3 is 9.64 Å². The lowest BCUT2D eigenvalue weighted by Crippen LogP contribution is -2.26. The lowest BCUT2D eigenvalue weighted by atomic mass is 9.99. The fraction of sp³-hybridized carbons (Fsp3) is 0.217. The van der Waals surface area contributed by atoms with E-state index in [-0.39, 0.29) is 11.8 Å². The third-order valence-corrected chi connectivity index (χ3v) is 6.46. The van der Waals surface area contributed by atoms with Crippen LogP contribution < -0.4 is 10.1 Å². The van der Waals surface area contributed by atoms with E-state index in [9.17, 15) is 9.59 Å². The lowest BCUT2D eigenvalue weighted by Gasteiger charge is -2.14. The van der Waals surface area contributed by atoms with Gasteiger partial charge >= 0.3 is 0 Å². The predicted octanol–water partition coefficient (Wildman–Crippen LogP) is 3.06. The van der Waals surface area contributed by atoms with Crippen LogP contribution in [0.15, 0.2) is 42.7 Å². The van der Waals surface area contributed by atoms with Crippen molar-refractivity contribution in [2.75, 3.05) is 12.4 Å². The van der Waals surface area contributed by atoms with Gasteiger partial charge in [-0.1, -0.05) is 34.7 Å². The molecule has 0 bridgehead atoms. The van der Waals surface area contributed by atoms with E-state index >= 15 is 0 Å². The number of methoxy groups -OCH3 is 1. The van der Waals surface area contributed by atoms with Crippen LogP contribution in [0, 0.1) is 6.92 Å². The number of aromatic nitrogens is 5. The van der Waals surface area contributed by atoms with Gasteiger partial charge in [0, 0.05) is 30.1 Å². The second kappa shape index (κ2) is 8.67. The lowest BCUT2D eigenvalue weighted by molar-refractivity contribution is 0.0744. The molecule has 1 aliphatic rings. The zero-order valence-electron chi connectivity index (χ0n) is 18.8. The Morgan fingerprint density at radius 3 is 2.74 bits per heavy atom. The van der Waals surface area contributed by atoms with Crippen LogP contribution in [0.25, 0.3) is 11.1 Å². The number of aryl methyl sites for hydroxylation is 2. The minimum absolute atomic E-state index is 0.198. The Morgan fingerprint density at radius 1 is 1.18 bits per heavy atom. The highest BCUT2D eigenvalue weighted by Crippen LogP contribution is 2.34. The molecule has 0 atom stereocenters. The molecule has 0 fully saturated rings. The van der Waals surface area contributed by atoms with E-state index in [1.165, 1.54) is 16.0 Å². The van der Waals surface area contributed by atoms with Gasteiger partial charge in [0.2, 0.25) is 0 Å². The number of anilines is 1. The highest BCUT2D eigenvalue weighted by atomic mass is 32.1. The molecule has 34 heavy (non-hydrogen) atoms. The number of carbonyl (C=O) groups is 2. The van der Waals surface area contributed by atoms with Gasteiger partial charge in [-0.05, 0) is 19.1 Å². The Bertz CT molecular complexity index is 1390. The fourth-order valence-corrected chi connectivity index (χ4v) is 4.82. The zero-order valence-corrected chi connectivity index (χ0v) is 19.6. The number of hydrogen-bond donors (Lipinski definition) is 1. The van der Waals surface area contributed by atoms with Crippen molar-refractivity contribution >= 4 is 28.3 Å². The van der Waals surface area contributed by atoms with E-state index in [1.807, 2.05) is 37.3 Å². The van der Waals surface area contributed by atoms with Gasteiger partial charge in [0.15, 0.2) is 10.8 Å². The van der Waals surface area contributed by atoms with Gasteiger partial charge in [-0.3, -0.25) is 24.6 Å². The Labute approximate surface area is 199 Å². The summed E-state index contributed by atoms with van der Waals surface area (Å²) in [5.74, 6) is 0.160. The average Bonchev–Trinajstić information content (AvgIpc) is 3.53. The van der Waals surface area contributed by atoms with Gasteiger partial charge in [-0.15, -0.1) is 5.10 Å². The van der Waals surface area contributed by atoms with Crippen LogP contribution in [-0.2, 0) is 20.1 Å². The van der Waals surface area contributed by atoms with Gasteiger partial charge in [0.05, 0.1) is 42.5 Å². The highest BCUT2D eigenvalue weighted by Gasteiger charge is 2.30. The monoisotopic (exact) mass is 475 g/mol. The summed E-state index contributed by atoms with van der Waals surface area (Å²) in [7, 11) is 3.31. The van der Waals surface area contributed by atoms with E-state index in [4.69, 9.17) is 4.74 Å². The molecule has 10 nitrogen and oxygen atoms in total. The molecule has 0 aliphatic carbocycles. The third kappa shape index (κ3) is 4.01. The normalized spacial score (nSPS) is 12.5. The summed E-state index contributed by atoms with van der Waals surface area (Å²) in [5, 5.41) is 11.1. The van der Waals surface area contributed by atoms with Gasteiger partial charge in [-0.2, -0.15) is 0 Å².